The van der Waals surface area contributed by atoms with E-state index in [1.807, 2.05) is 0 Å². The minimum absolute atomic E-state index is 0.101. The highest BCUT2D eigenvalue weighted by Gasteiger charge is 2.28. The Morgan fingerprint density at radius 2 is 2.25 bits per heavy atom. The molecule has 5 N–H and O–H groups in total. The van der Waals surface area contributed by atoms with E-state index < -0.39 is 18.1 Å². The Bertz CT molecular complexity index is 316. The van der Waals surface area contributed by atoms with Gasteiger partial charge in [-0.05, 0) is 19.3 Å². The number of primary amides is 1. The standard InChI is InChI=1S/C9H15N3O4/c10-9(16)12-11-7-2-1-6(13)3-5(7)4-8(14)15/h5-6,13H,1-4H2,(H,14,15)(H3,10,12,16)/b11-7-/t5-,6-/m1/s1. The van der Waals surface area contributed by atoms with Crippen LogP contribution < -0.4 is 11.2 Å². The van der Waals surface area contributed by atoms with E-state index in [0.29, 0.717) is 25.0 Å². The van der Waals surface area contributed by atoms with Crippen LogP contribution in [0.2, 0.25) is 0 Å². The fraction of sp³-hybridized carbons (Fsp3) is 0.667. The number of carboxylic acid groups (broad SMARTS) is 1. The molecule has 1 fully saturated rings. The molecule has 0 heterocycles. The van der Waals surface area contributed by atoms with Crippen molar-refractivity contribution in [3.63, 3.8) is 0 Å². The fourth-order valence-electron chi connectivity index (χ4n) is 1.79. The van der Waals surface area contributed by atoms with Crippen molar-refractivity contribution in [2.24, 2.45) is 16.8 Å². The molecular weight excluding hydrogens is 214 g/mol. The molecule has 16 heavy (non-hydrogen) atoms. The van der Waals surface area contributed by atoms with Gasteiger partial charge in [0.2, 0.25) is 0 Å². The van der Waals surface area contributed by atoms with E-state index in [2.05, 4.69) is 10.5 Å². The summed E-state index contributed by atoms with van der Waals surface area (Å²) < 4.78 is 0. The van der Waals surface area contributed by atoms with Crippen molar-refractivity contribution in [2.75, 3.05) is 0 Å². The maximum absolute atomic E-state index is 10.6. The summed E-state index contributed by atoms with van der Waals surface area (Å²) >= 11 is 0. The lowest BCUT2D eigenvalue weighted by molar-refractivity contribution is -0.137. The van der Waals surface area contributed by atoms with E-state index in [0.717, 1.165) is 0 Å². The summed E-state index contributed by atoms with van der Waals surface area (Å²) in [4.78, 5) is 21.1. The molecule has 2 amide bonds. The Morgan fingerprint density at radius 1 is 1.56 bits per heavy atom. The average molecular weight is 229 g/mol. The lowest BCUT2D eigenvalue weighted by Crippen LogP contribution is -2.33. The number of nitrogens with one attached hydrogen (secondary N) is 1. The average Bonchev–Trinajstić information content (AvgIpc) is 2.15. The van der Waals surface area contributed by atoms with Crippen molar-refractivity contribution in [1.82, 2.24) is 5.43 Å². The molecule has 1 aliphatic rings. The lowest BCUT2D eigenvalue weighted by Gasteiger charge is -2.26. The number of nitrogens with two attached hydrogens (primary N) is 1. The number of rotatable bonds is 3. The number of urea groups is 1. The van der Waals surface area contributed by atoms with Crippen LogP contribution in [0, 0.1) is 5.92 Å². The monoisotopic (exact) mass is 229 g/mol. The van der Waals surface area contributed by atoms with Crippen molar-refractivity contribution < 1.29 is 19.8 Å². The van der Waals surface area contributed by atoms with Crippen molar-refractivity contribution in [2.45, 2.75) is 31.8 Å². The third-order valence-electron chi connectivity index (χ3n) is 2.49. The maximum Gasteiger partial charge on any atom is 0.332 e. The summed E-state index contributed by atoms with van der Waals surface area (Å²) in [6.45, 7) is 0. The van der Waals surface area contributed by atoms with Gasteiger partial charge in [0.25, 0.3) is 0 Å². The van der Waals surface area contributed by atoms with Gasteiger partial charge in [0.05, 0.1) is 12.5 Å². The van der Waals surface area contributed by atoms with Gasteiger partial charge < -0.3 is 15.9 Å². The first kappa shape index (κ1) is 12.4. The van der Waals surface area contributed by atoms with Crippen molar-refractivity contribution in [3.05, 3.63) is 0 Å². The third kappa shape index (κ3) is 3.85. The fourth-order valence-corrected chi connectivity index (χ4v) is 1.79. The highest BCUT2D eigenvalue weighted by Crippen LogP contribution is 2.24. The molecule has 1 aliphatic carbocycles. The molecular formula is C9H15N3O4. The summed E-state index contributed by atoms with van der Waals surface area (Å²) in [5.41, 5.74) is 7.52. The van der Waals surface area contributed by atoms with Crippen LogP contribution in [0.25, 0.3) is 0 Å². The number of aliphatic hydroxyl groups excluding tert-OH is 1. The van der Waals surface area contributed by atoms with E-state index >= 15 is 0 Å². The van der Waals surface area contributed by atoms with E-state index in [1.165, 1.54) is 0 Å². The number of carboxylic acids is 1. The molecule has 0 saturated heterocycles. The van der Waals surface area contributed by atoms with Gasteiger partial charge >= 0.3 is 12.0 Å². The summed E-state index contributed by atoms with van der Waals surface area (Å²) in [5.74, 6) is -1.29. The molecule has 0 radical (unpaired) electrons. The van der Waals surface area contributed by atoms with Gasteiger partial charge in [-0.2, -0.15) is 5.10 Å². The van der Waals surface area contributed by atoms with Crippen LogP contribution in [-0.2, 0) is 4.79 Å². The molecule has 90 valence electrons. The number of amides is 2. The van der Waals surface area contributed by atoms with Crippen LogP contribution in [0.5, 0.6) is 0 Å². The van der Waals surface area contributed by atoms with E-state index in [9.17, 15) is 14.7 Å². The lowest BCUT2D eigenvalue weighted by atomic mass is 9.83. The molecule has 0 bridgehead atoms. The smallest absolute Gasteiger partial charge is 0.332 e. The predicted molar refractivity (Wildman–Crippen MR) is 55.8 cm³/mol. The Morgan fingerprint density at radius 3 is 2.81 bits per heavy atom. The molecule has 0 aromatic heterocycles. The molecule has 7 heteroatoms. The highest BCUT2D eigenvalue weighted by molar-refractivity contribution is 5.91. The zero-order valence-corrected chi connectivity index (χ0v) is 8.72. The van der Waals surface area contributed by atoms with Crippen molar-refractivity contribution in [1.29, 1.82) is 0 Å². The first-order valence-corrected chi connectivity index (χ1v) is 5.00. The SMILES string of the molecule is NC(=O)N/N=C1/CC[C@@H](O)C[C@@H]1CC(=O)O. The number of hydrogen-bond donors (Lipinski definition) is 4. The highest BCUT2D eigenvalue weighted by atomic mass is 16.4. The topological polar surface area (TPSA) is 125 Å². The summed E-state index contributed by atoms with van der Waals surface area (Å²) in [7, 11) is 0. The van der Waals surface area contributed by atoms with Gasteiger partial charge in [0, 0.05) is 11.6 Å². The third-order valence-corrected chi connectivity index (χ3v) is 2.49. The van der Waals surface area contributed by atoms with Crippen LogP contribution in [0.4, 0.5) is 4.79 Å². The number of nitrogens with zero attached hydrogens (tertiary/aromatic N) is 1. The Labute approximate surface area is 92.3 Å². The summed E-state index contributed by atoms with van der Waals surface area (Å²) in [6.07, 6.45) is 0.744. The normalized spacial score (nSPS) is 27.7. The molecule has 1 saturated carbocycles. The van der Waals surface area contributed by atoms with Crippen LogP contribution in [0.15, 0.2) is 5.10 Å². The zero-order valence-electron chi connectivity index (χ0n) is 8.72. The van der Waals surface area contributed by atoms with Gasteiger partial charge in [-0.25, -0.2) is 10.2 Å². The van der Waals surface area contributed by atoms with Crippen LogP contribution in [0.1, 0.15) is 25.7 Å². The molecule has 7 nitrogen and oxygen atoms in total. The first-order chi connectivity index (χ1) is 7.49. The van der Waals surface area contributed by atoms with E-state index in [1.54, 1.807) is 0 Å². The second-order valence-electron chi connectivity index (χ2n) is 3.80. The molecule has 0 aromatic carbocycles. The molecule has 2 atom stereocenters. The molecule has 0 aliphatic heterocycles. The van der Waals surface area contributed by atoms with E-state index in [-0.39, 0.29) is 12.3 Å². The van der Waals surface area contributed by atoms with Gasteiger partial charge in [-0.3, -0.25) is 4.79 Å². The number of carbonyl (C=O) groups is 2. The minimum Gasteiger partial charge on any atom is -0.481 e. The van der Waals surface area contributed by atoms with Gasteiger partial charge in [-0.1, -0.05) is 0 Å². The second-order valence-corrected chi connectivity index (χ2v) is 3.80. The van der Waals surface area contributed by atoms with Gasteiger partial charge in [0.1, 0.15) is 0 Å². The van der Waals surface area contributed by atoms with Crippen molar-refractivity contribution in [3.8, 4) is 0 Å². The number of hydrogen-bond acceptors (Lipinski definition) is 4. The van der Waals surface area contributed by atoms with Gasteiger partial charge in [-0.15, -0.1) is 0 Å². The Kier molecular flexibility index (Phi) is 4.24. The maximum atomic E-state index is 10.6. The summed E-state index contributed by atoms with van der Waals surface area (Å²) in [5, 5.41) is 21.9. The number of aliphatic carboxylic acids is 1. The predicted octanol–water partition coefficient (Wildman–Crippen LogP) is -0.354. The molecule has 0 spiro atoms. The van der Waals surface area contributed by atoms with Crippen LogP contribution >= 0.6 is 0 Å². The van der Waals surface area contributed by atoms with E-state index in [4.69, 9.17) is 10.8 Å². The molecule has 1 rings (SSSR count). The molecule has 0 aromatic rings. The summed E-state index contributed by atoms with van der Waals surface area (Å²) in [6, 6.07) is -0.785. The van der Waals surface area contributed by atoms with Crippen LogP contribution in [0.3, 0.4) is 0 Å². The van der Waals surface area contributed by atoms with Crippen molar-refractivity contribution >= 4 is 17.7 Å². The Balaban J connectivity index is 2.67. The first-order valence-electron chi connectivity index (χ1n) is 5.00. The number of aliphatic hydroxyl groups is 1. The molecule has 0 unspecified atom stereocenters. The number of carbonyl (C=O) groups excluding carboxylic acids is 1. The van der Waals surface area contributed by atoms with Gasteiger partial charge in [0.15, 0.2) is 0 Å². The quantitative estimate of drug-likeness (QED) is 0.493. The minimum atomic E-state index is -0.953. The second kappa shape index (κ2) is 5.45. The van der Waals surface area contributed by atoms with Crippen LogP contribution in [-0.4, -0.2) is 34.0 Å². The zero-order chi connectivity index (χ0) is 12.1. The number of hydrazone groups is 1. The Hall–Kier alpha value is -1.63. The largest absolute Gasteiger partial charge is 0.481 e.